The molecular weight excluding hydrogens is 395 g/mol. The number of benzene rings is 3. The first kappa shape index (κ1) is 18.2. The van der Waals surface area contributed by atoms with Crippen molar-refractivity contribution in [2.45, 2.75) is 24.1 Å². The summed E-state index contributed by atoms with van der Waals surface area (Å²) in [5, 5.41) is 0.985. The Labute approximate surface area is 168 Å². The van der Waals surface area contributed by atoms with Gasteiger partial charge in [0.15, 0.2) is 0 Å². The molecule has 2 heteroatoms. The Hall–Kier alpha value is -2.15. The van der Waals surface area contributed by atoms with Gasteiger partial charge in [-0.25, -0.2) is 0 Å². The molecular formula is C25H24OSe. The van der Waals surface area contributed by atoms with E-state index in [0.29, 0.717) is 26.7 Å². The predicted octanol–water partition coefficient (Wildman–Crippen LogP) is 4.65. The summed E-state index contributed by atoms with van der Waals surface area (Å²) >= 11 is 0.333. The zero-order valence-electron chi connectivity index (χ0n) is 15.5. The summed E-state index contributed by atoms with van der Waals surface area (Å²) in [7, 11) is 0. The molecule has 1 aliphatic rings. The quantitative estimate of drug-likeness (QED) is 0.510. The van der Waals surface area contributed by atoms with Crippen molar-refractivity contribution in [3.8, 4) is 0 Å². The molecule has 1 fully saturated rings. The van der Waals surface area contributed by atoms with Gasteiger partial charge in [0.1, 0.15) is 0 Å². The summed E-state index contributed by atoms with van der Waals surface area (Å²) in [6.45, 7) is 1.78. The van der Waals surface area contributed by atoms with Crippen LogP contribution in [0.4, 0.5) is 0 Å². The van der Waals surface area contributed by atoms with E-state index in [1.807, 2.05) is 0 Å². The average molecular weight is 419 g/mol. The van der Waals surface area contributed by atoms with E-state index in [4.69, 9.17) is 0 Å². The molecule has 1 saturated carbocycles. The molecule has 0 aliphatic heterocycles. The zero-order valence-corrected chi connectivity index (χ0v) is 17.3. The number of ketones is 1. The number of rotatable bonds is 7. The van der Waals surface area contributed by atoms with Gasteiger partial charge in [-0.05, 0) is 0 Å². The van der Waals surface area contributed by atoms with Crippen molar-refractivity contribution in [3.05, 3.63) is 102 Å². The molecule has 1 aliphatic carbocycles. The second-order valence-electron chi connectivity index (χ2n) is 7.36. The van der Waals surface area contributed by atoms with E-state index >= 15 is 0 Å². The van der Waals surface area contributed by atoms with Crippen LogP contribution in [-0.2, 0) is 10.2 Å². The summed E-state index contributed by atoms with van der Waals surface area (Å²) in [5.74, 6) is 0.863. The third kappa shape index (κ3) is 3.65. The van der Waals surface area contributed by atoms with E-state index in [1.165, 1.54) is 15.6 Å². The Morgan fingerprint density at radius 2 is 1.37 bits per heavy atom. The van der Waals surface area contributed by atoms with Crippen LogP contribution in [0.3, 0.4) is 0 Å². The van der Waals surface area contributed by atoms with Crippen LogP contribution >= 0.6 is 0 Å². The van der Waals surface area contributed by atoms with Gasteiger partial charge in [0, 0.05) is 0 Å². The average Bonchev–Trinajstić information content (AvgIpc) is 3.46. The minimum atomic E-state index is -0.00831. The molecule has 0 spiro atoms. The minimum absolute atomic E-state index is 0.00831. The Balaban J connectivity index is 1.64. The molecule has 0 bridgehead atoms. The first-order valence-corrected chi connectivity index (χ1v) is 11.6. The van der Waals surface area contributed by atoms with Crippen LogP contribution in [-0.4, -0.2) is 20.7 Å². The molecule has 4 rings (SSSR count). The normalized spacial score (nSPS) is 18.6. The summed E-state index contributed by atoms with van der Waals surface area (Å²) in [5.41, 5.74) is 2.69. The molecule has 1 nitrogen and oxygen atoms in total. The van der Waals surface area contributed by atoms with Crippen LogP contribution < -0.4 is 4.46 Å². The topological polar surface area (TPSA) is 17.1 Å². The van der Waals surface area contributed by atoms with Gasteiger partial charge in [0.05, 0.1) is 0 Å². The first-order chi connectivity index (χ1) is 13.2. The van der Waals surface area contributed by atoms with Crippen LogP contribution in [0.15, 0.2) is 91.0 Å². The molecule has 0 saturated heterocycles. The van der Waals surface area contributed by atoms with Crippen LogP contribution in [0, 0.1) is 11.8 Å². The fourth-order valence-corrected chi connectivity index (χ4v) is 6.79. The third-order valence-electron chi connectivity index (χ3n) is 5.77. The fraction of sp³-hybridized carbons (Fsp3) is 0.240. The van der Waals surface area contributed by atoms with Crippen LogP contribution in [0.2, 0.25) is 5.32 Å². The van der Waals surface area contributed by atoms with Gasteiger partial charge in [-0.1, -0.05) is 0 Å². The van der Waals surface area contributed by atoms with Crippen molar-refractivity contribution in [2.75, 3.05) is 0 Å². The Kier molecular flexibility index (Phi) is 5.29. The molecule has 27 heavy (non-hydrogen) atoms. The van der Waals surface area contributed by atoms with Gasteiger partial charge < -0.3 is 0 Å². The van der Waals surface area contributed by atoms with Gasteiger partial charge >= 0.3 is 168 Å². The van der Waals surface area contributed by atoms with Gasteiger partial charge in [-0.3, -0.25) is 0 Å². The second kappa shape index (κ2) is 7.84. The molecule has 0 amide bonds. The Bertz CT molecular complexity index is 850. The Morgan fingerprint density at radius 3 is 1.85 bits per heavy atom. The van der Waals surface area contributed by atoms with Gasteiger partial charge in [0.2, 0.25) is 0 Å². The maximum atomic E-state index is 12.6. The number of carbonyl (C=O) groups is 1. The van der Waals surface area contributed by atoms with E-state index in [-0.39, 0.29) is 11.3 Å². The maximum absolute atomic E-state index is 12.6. The number of hydrogen-bond acceptors (Lipinski definition) is 1. The molecule has 3 aromatic carbocycles. The molecule has 2 unspecified atom stereocenters. The first-order valence-electron chi connectivity index (χ1n) is 9.51. The van der Waals surface area contributed by atoms with Crippen molar-refractivity contribution >= 4 is 25.2 Å². The van der Waals surface area contributed by atoms with E-state index in [0.717, 1.165) is 11.7 Å². The summed E-state index contributed by atoms with van der Waals surface area (Å²) < 4.78 is 1.38. The van der Waals surface area contributed by atoms with Crippen molar-refractivity contribution in [1.29, 1.82) is 0 Å². The molecule has 0 aromatic heterocycles. The van der Waals surface area contributed by atoms with E-state index in [1.54, 1.807) is 6.92 Å². The van der Waals surface area contributed by atoms with E-state index < -0.39 is 0 Å². The molecule has 3 aromatic rings. The van der Waals surface area contributed by atoms with Crippen molar-refractivity contribution in [1.82, 2.24) is 0 Å². The van der Waals surface area contributed by atoms with Crippen molar-refractivity contribution < 1.29 is 4.79 Å². The number of Topliss-reactive ketones (excluding diaryl/α,β-unsaturated/α-hetero) is 1. The SMILES string of the molecule is CC(=O)C(C[Se]c1ccccc1)C1CC1(c1ccccc1)c1ccccc1. The second-order valence-corrected chi connectivity index (χ2v) is 9.65. The predicted molar refractivity (Wildman–Crippen MR) is 113 cm³/mol. The summed E-state index contributed by atoms with van der Waals surface area (Å²) in [6.07, 6.45) is 1.07. The van der Waals surface area contributed by atoms with Crippen molar-refractivity contribution in [2.24, 2.45) is 11.8 Å². The number of hydrogen-bond donors (Lipinski definition) is 0. The number of carbonyl (C=O) groups excluding carboxylic acids is 1. The summed E-state index contributed by atoms with van der Waals surface area (Å²) in [4.78, 5) is 12.6. The van der Waals surface area contributed by atoms with Crippen LogP contribution in [0.5, 0.6) is 0 Å². The van der Waals surface area contributed by atoms with Gasteiger partial charge in [-0.15, -0.1) is 0 Å². The van der Waals surface area contributed by atoms with Crippen LogP contribution in [0.25, 0.3) is 0 Å². The zero-order chi connectivity index (χ0) is 18.7. The molecule has 2 atom stereocenters. The Morgan fingerprint density at radius 1 is 0.889 bits per heavy atom. The molecule has 0 radical (unpaired) electrons. The fourth-order valence-electron chi connectivity index (χ4n) is 4.29. The van der Waals surface area contributed by atoms with E-state index in [9.17, 15) is 4.79 Å². The monoisotopic (exact) mass is 420 g/mol. The van der Waals surface area contributed by atoms with E-state index in [2.05, 4.69) is 91.0 Å². The van der Waals surface area contributed by atoms with Crippen molar-refractivity contribution in [3.63, 3.8) is 0 Å². The molecule has 0 heterocycles. The summed E-state index contributed by atoms with van der Waals surface area (Å²) in [6, 6.07) is 32.1. The molecule has 136 valence electrons. The standard InChI is InChI=1S/C25H24OSe/c1-19(26)23(18-27-22-15-9-4-10-16-22)24-17-25(24,20-11-5-2-6-12-20)21-13-7-3-8-14-21/h2-16,23-24H,17-18H2,1H3. The van der Waals surface area contributed by atoms with Crippen LogP contribution in [0.1, 0.15) is 24.5 Å². The van der Waals surface area contributed by atoms with Gasteiger partial charge in [-0.2, -0.15) is 0 Å². The third-order valence-corrected chi connectivity index (χ3v) is 8.15. The van der Waals surface area contributed by atoms with Gasteiger partial charge in [0.25, 0.3) is 0 Å². The molecule has 0 N–H and O–H groups in total.